The minimum absolute atomic E-state index is 0.108. The van der Waals surface area contributed by atoms with Crippen LogP contribution < -0.4 is 5.32 Å². The second-order valence-corrected chi connectivity index (χ2v) is 8.20. The molecule has 1 atom stereocenters. The van der Waals surface area contributed by atoms with E-state index in [1.807, 2.05) is 25.1 Å². The molecular weight excluding hydrogens is 436 g/mol. The second-order valence-electron chi connectivity index (χ2n) is 8.20. The first-order valence-corrected chi connectivity index (χ1v) is 11.1. The van der Waals surface area contributed by atoms with Crippen molar-refractivity contribution in [2.24, 2.45) is 4.99 Å². The van der Waals surface area contributed by atoms with Crippen LogP contribution in [-0.4, -0.2) is 40.9 Å². The number of hydrogen-bond donors (Lipinski definition) is 2. The Balaban J connectivity index is 1.58. The summed E-state index contributed by atoms with van der Waals surface area (Å²) in [6, 6.07) is 15.6. The molecular formula is C27H25F2N3O2. The van der Waals surface area contributed by atoms with Crippen molar-refractivity contribution in [2.75, 3.05) is 13.2 Å². The van der Waals surface area contributed by atoms with Gasteiger partial charge in [0, 0.05) is 36.0 Å². The van der Waals surface area contributed by atoms with E-state index in [9.17, 15) is 18.7 Å². The lowest BCUT2D eigenvalue weighted by Crippen LogP contribution is -2.38. The van der Waals surface area contributed by atoms with E-state index < -0.39 is 11.7 Å². The van der Waals surface area contributed by atoms with E-state index in [2.05, 4.69) is 15.3 Å². The molecule has 7 heteroatoms. The Morgan fingerprint density at radius 3 is 2.59 bits per heavy atom. The van der Waals surface area contributed by atoms with Crippen molar-refractivity contribution in [1.82, 2.24) is 10.3 Å². The Hall–Kier alpha value is -3.71. The van der Waals surface area contributed by atoms with Gasteiger partial charge in [0.25, 0.3) is 5.91 Å². The van der Waals surface area contributed by atoms with Gasteiger partial charge in [-0.1, -0.05) is 24.3 Å². The van der Waals surface area contributed by atoms with E-state index in [1.165, 1.54) is 24.3 Å². The van der Waals surface area contributed by atoms with Crippen LogP contribution in [0.4, 0.5) is 8.78 Å². The fourth-order valence-corrected chi connectivity index (χ4v) is 4.00. The first-order valence-electron chi connectivity index (χ1n) is 11.1. The van der Waals surface area contributed by atoms with Crippen LogP contribution in [0.15, 0.2) is 71.7 Å². The van der Waals surface area contributed by atoms with E-state index in [4.69, 9.17) is 0 Å². The third-order valence-electron chi connectivity index (χ3n) is 5.67. The van der Waals surface area contributed by atoms with Crippen molar-refractivity contribution in [3.63, 3.8) is 0 Å². The lowest BCUT2D eigenvalue weighted by Gasteiger charge is -2.19. The average molecular weight is 462 g/mol. The summed E-state index contributed by atoms with van der Waals surface area (Å²) in [6.45, 7) is 2.09. The summed E-state index contributed by atoms with van der Waals surface area (Å²) in [7, 11) is 0. The van der Waals surface area contributed by atoms with E-state index in [-0.39, 0.29) is 29.6 Å². The fourth-order valence-electron chi connectivity index (χ4n) is 4.00. The topological polar surface area (TPSA) is 74.6 Å². The molecule has 174 valence electrons. The van der Waals surface area contributed by atoms with Gasteiger partial charge < -0.3 is 10.4 Å². The Bertz CT molecular complexity index is 1250. The largest absolute Gasteiger partial charge is 0.396 e. The zero-order valence-corrected chi connectivity index (χ0v) is 18.8. The molecule has 2 N–H and O–H groups in total. The number of nitrogens with one attached hydrogen (secondary N) is 1. The van der Waals surface area contributed by atoms with E-state index in [0.717, 1.165) is 22.5 Å². The number of rotatable bonds is 8. The summed E-state index contributed by atoms with van der Waals surface area (Å²) in [5, 5.41) is 12.4. The third kappa shape index (κ3) is 5.43. The normalized spacial score (nSPS) is 13.9. The highest BCUT2D eigenvalue weighted by atomic mass is 19.1. The zero-order valence-electron chi connectivity index (χ0n) is 18.8. The molecule has 2 aromatic carbocycles. The quantitative estimate of drug-likeness (QED) is 0.526. The molecule has 5 nitrogen and oxygen atoms in total. The maximum atomic E-state index is 14.9. The third-order valence-corrected chi connectivity index (χ3v) is 5.67. The number of aliphatic hydroxyl groups excluding tert-OH is 1. The van der Waals surface area contributed by atoms with Gasteiger partial charge in [0.05, 0.1) is 17.8 Å². The number of hydrogen-bond acceptors (Lipinski definition) is 4. The second kappa shape index (κ2) is 10.5. The van der Waals surface area contributed by atoms with Crippen molar-refractivity contribution < 1.29 is 18.7 Å². The molecule has 0 bridgehead atoms. The molecule has 1 amide bonds. The van der Waals surface area contributed by atoms with Crippen LogP contribution >= 0.6 is 0 Å². The highest BCUT2D eigenvalue weighted by Crippen LogP contribution is 2.25. The number of pyridine rings is 1. The van der Waals surface area contributed by atoms with Crippen LogP contribution in [0.25, 0.3) is 5.57 Å². The molecule has 4 rings (SSSR count). The molecule has 0 radical (unpaired) electrons. The highest BCUT2D eigenvalue weighted by molar-refractivity contribution is 6.19. The number of aromatic nitrogens is 1. The summed E-state index contributed by atoms with van der Waals surface area (Å²) in [6.07, 6.45) is 2.50. The number of carbonyl (C=O) groups excluding carboxylic acids is 1. The maximum absolute atomic E-state index is 14.9. The number of aliphatic hydroxyl groups is 1. The first kappa shape index (κ1) is 23.4. The van der Waals surface area contributed by atoms with Crippen molar-refractivity contribution in [3.8, 4) is 0 Å². The smallest absolute Gasteiger partial charge is 0.252 e. The number of nitrogens with zero attached hydrogens (tertiary/aromatic N) is 2. The molecule has 0 spiro atoms. The zero-order chi connectivity index (χ0) is 24.1. The Morgan fingerprint density at radius 2 is 1.85 bits per heavy atom. The predicted molar refractivity (Wildman–Crippen MR) is 128 cm³/mol. The number of aryl methyl sites for hydroxylation is 1. The number of allylic oxidation sites excluding steroid dienone is 1. The molecule has 0 saturated heterocycles. The van der Waals surface area contributed by atoms with Gasteiger partial charge in [-0.25, -0.2) is 8.78 Å². The van der Waals surface area contributed by atoms with Crippen molar-refractivity contribution >= 4 is 17.2 Å². The molecule has 34 heavy (non-hydrogen) atoms. The van der Waals surface area contributed by atoms with Crippen LogP contribution in [-0.2, 0) is 6.42 Å². The standard InChI is InChI=1S/C27H25F2N3O2/c1-17-4-2-5-21(31-17)15-22(12-13-33)32-27(34)23-6-3-7-24(29)26(23)25-14-19(16-30-25)18-8-10-20(28)11-9-18/h2-11,14,22,33H,12-13,15-16H2,1H3,(H,32,34)/t22-/m1/s1. The maximum Gasteiger partial charge on any atom is 0.252 e. The van der Waals surface area contributed by atoms with Crippen molar-refractivity contribution in [1.29, 1.82) is 0 Å². The summed E-state index contributed by atoms with van der Waals surface area (Å²) in [5.74, 6) is -1.34. The van der Waals surface area contributed by atoms with Crippen LogP contribution in [0.3, 0.4) is 0 Å². The summed E-state index contributed by atoms with van der Waals surface area (Å²) in [4.78, 5) is 22.1. The number of halogens is 2. The lowest BCUT2D eigenvalue weighted by molar-refractivity contribution is 0.0929. The molecule has 0 aliphatic carbocycles. The van der Waals surface area contributed by atoms with Gasteiger partial charge >= 0.3 is 0 Å². The molecule has 0 unspecified atom stereocenters. The van der Waals surface area contributed by atoms with Gasteiger partial charge in [0.2, 0.25) is 0 Å². The summed E-state index contributed by atoms with van der Waals surface area (Å²) < 4.78 is 28.2. The Morgan fingerprint density at radius 1 is 1.09 bits per heavy atom. The predicted octanol–water partition coefficient (Wildman–Crippen LogP) is 4.28. The van der Waals surface area contributed by atoms with E-state index >= 15 is 0 Å². The first-order chi connectivity index (χ1) is 16.4. The van der Waals surface area contributed by atoms with Crippen molar-refractivity contribution in [2.45, 2.75) is 25.8 Å². The molecule has 1 aliphatic heterocycles. The molecule has 0 saturated carbocycles. The number of amides is 1. The molecule has 1 aromatic heterocycles. The number of aliphatic imine (C=N–C) groups is 1. The minimum Gasteiger partial charge on any atom is -0.396 e. The molecule has 0 fully saturated rings. The van der Waals surface area contributed by atoms with Gasteiger partial charge in [0.1, 0.15) is 11.6 Å². The molecule has 1 aliphatic rings. The number of carbonyl (C=O) groups is 1. The van der Waals surface area contributed by atoms with Gasteiger partial charge in [-0.05, 0) is 67.0 Å². The van der Waals surface area contributed by atoms with Crippen LogP contribution in [0.1, 0.15) is 39.3 Å². The Labute approximate surface area is 196 Å². The number of benzene rings is 2. The van der Waals surface area contributed by atoms with Crippen molar-refractivity contribution in [3.05, 3.63) is 106 Å². The van der Waals surface area contributed by atoms with Gasteiger partial charge in [0.15, 0.2) is 0 Å². The average Bonchev–Trinajstić information content (AvgIpc) is 3.29. The van der Waals surface area contributed by atoms with Gasteiger partial charge in [-0.3, -0.25) is 14.8 Å². The highest BCUT2D eigenvalue weighted by Gasteiger charge is 2.23. The minimum atomic E-state index is -0.554. The van der Waals surface area contributed by atoms with Gasteiger partial charge in [-0.15, -0.1) is 0 Å². The van der Waals surface area contributed by atoms with Gasteiger partial charge in [-0.2, -0.15) is 0 Å². The van der Waals surface area contributed by atoms with Crippen LogP contribution in [0.2, 0.25) is 0 Å². The van der Waals surface area contributed by atoms with E-state index in [1.54, 1.807) is 24.3 Å². The lowest BCUT2D eigenvalue weighted by atomic mass is 9.98. The summed E-state index contributed by atoms with van der Waals surface area (Å²) in [5.41, 5.74) is 3.90. The SMILES string of the molecule is Cc1cccc(C[C@@H](CCO)NC(=O)c2cccc(F)c2C2=NCC(c3ccc(F)cc3)=C2)n1. The monoisotopic (exact) mass is 461 g/mol. The molecule has 3 aromatic rings. The fraction of sp³-hybridized carbons (Fsp3) is 0.222. The molecule has 2 heterocycles. The summed E-state index contributed by atoms with van der Waals surface area (Å²) >= 11 is 0. The van der Waals surface area contributed by atoms with Crippen LogP contribution in [0, 0.1) is 18.6 Å². The Kier molecular flexibility index (Phi) is 7.23. The van der Waals surface area contributed by atoms with Crippen LogP contribution in [0.5, 0.6) is 0 Å². The van der Waals surface area contributed by atoms with E-state index in [0.29, 0.717) is 25.1 Å².